The molecule has 0 unspecified atom stereocenters. The highest BCUT2D eigenvalue weighted by Crippen LogP contribution is 2.40. The molecule has 0 atom stereocenters. The van der Waals surface area contributed by atoms with Crippen LogP contribution >= 0.6 is 0 Å². The third-order valence-electron chi connectivity index (χ3n) is 4.57. The zero-order valence-electron chi connectivity index (χ0n) is 15.9. The molecule has 1 N–H and O–H groups in total. The standard InChI is InChI=1S/C22H32O2/c1-6-9-19(12-7-10-17(2)16-21(23)24)13-14-20-18(3)11-8-15-22(20,4)5/h7,10,12-14,16H,6,8-9,11,15H2,1-5H3,(H,23,24)/b10-7+,14-13?,17-16+,19-12?. The Morgan fingerprint density at radius 2 is 2.00 bits per heavy atom. The summed E-state index contributed by atoms with van der Waals surface area (Å²) in [6.45, 7) is 10.9. The number of carboxylic acid groups (broad SMARTS) is 1. The third-order valence-corrected chi connectivity index (χ3v) is 4.57. The van der Waals surface area contributed by atoms with Crippen molar-refractivity contribution in [3.05, 3.63) is 58.7 Å². The van der Waals surface area contributed by atoms with E-state index in [1.54, 1.807) is 6.92 Å². The van der Waals surface area contributed by atoms with Crippen molar-refractivity contribution < 1.29 is 9.90 Å². The average molecular weight is 328 g/mol. The molecular weight excluding hydrogens is 296 g/mol. The second kappa shape index (κ2) is 9.46. The monoisotopic (exact) mass is 328 g/mol. The molecule has 0 spiro atoms. The van der Waals surface area contributed by atoms with Gasteiger partial charge in [-0.15, -0.1) is 0 Å². The number of carboxylic acids is 1. The number of allylic oxidation sites excluding steroid dienone is 9. The fourth-order valence-electron chi connectivity index (χ4n) is 3.28. The zero-order chi connectivity index (χ0) is 18.2. The molecule has 24 heavy (non-hydrogen) atoms. The fourth-order valence-corrected chi connectivity index (χ4v) is 3.28. The maximum atomic E-state index is 10.6. The van der Waals surface area contributed by atoms with E-state index < -0.39 is 5.97 Å². The molecule has 0 fully saturated rings. The van der Waals surface area contributed by atoms with Crippen LogP contribution in [0.1, 0.15) is 66.7 Å². The third kappa shape index (κ3) is 6.74. The summed E-state index contributed by atoms with van der Waals surface area (Å²) in [7, 11) is 0. The van der Waals surface area contributed by atoms with Crippen LogP contribution in [-0.4, -0.2) is 11.1 Å². The Kier molecular flexibility index (Phi) is 7.97. The summed E-state index contributed by atoms with van der Waals surface area (Å²) in [5.41, 5.74) is 5.26. The lowest BCUT2D eigenvalue weighted by Crippen LogP contribution is -2.19. The molecule has 0 heterocycles. The SMILES string of the molecule is CCCC(C=CC1=C(C)CCCC1(C)C)=C/C=C/C(C)=C/C(=O)O. The normalized spacial score (nSPS) is 19.5. The van der Waals surface area contributed by atoms with Crippen LogP contribution in [0.2, 0.25) is 0 Å². The van der Waals surface area contributed by atoms with Crippen molar-refractivity contribution in [3.63, 3.8) is 0 Å². The summed E-state index contributed by atoms with van der Waals surface area (Å²) in [4.78, 5) is 10.6. The number of rotatable bonds is 7. The minimum Gasteiger partial charge on any atom is -0.478 e. The van der Waals surface area contributed by atoms with E-state index in [0.717, 1.165) is 18.4 Å². The van der Waals surface area contributed by atoms with Crippen molar-refractivity contribution in [2.75, 3.05) is 0 Å². The molecule has 132 valence electrons. The average Bonchev–Trinajstić information content (AvgIpc) is 2.45. The van der Waals surface area contributed by atoms with Crippen LogP contribution in [0, 0.1) is 5.41 Å². The van der Waals surface area contributed by atoms with E-state index in [9.17, 15) is 4.79 Å². The van der Waals surface area contributed by atoms with Gasteiger partial charge in [0.2, 0.25) is 0 Å². The van der Waals surface area contributed by atoms with Gasteiger partial charge in [0.25, 0.3) is 0 Å². The maximum absolute atomic E-state index is 10.6. The second-order valence-electron chi connectivity index (χ2n) is 7.34. The zero-order valence-corrected chi connectivity index (χ0v) is 15.9. The van der Waals surface area contributed by atoms with Gasteiger partial charge in [-0.3, -0.25) is 0 Å². The van der Waals surface area contributed by atoms with E-state index in [2.05, 4.69) is 45.9 Å². The topological polar surface area (TPSA) is 37.3 Å². The molecule has 0 aromatic heterocycles. The quantitative estimate of drug-likeness (QED) is 0.434. The van der Waals surface area contributed by atoms with Gasteiger partial charge in [0, 0.05) is 6.08 Å². The molecule has 1 aliphatic rings. The first-order chi connectivity index (χ1) is 11.3. The Morgan fingerprint density at radius 3 is 2.58 bits per heavy atom. The molecule has 0 aromatic carbocycles. The van der Waals surface area contributed by atoms with Gasteiger partial charge in [-0.2, -0.15) is 0 Å². The molecule has 0 saturated heterocycles. The fraction of sp³-hybridized carbons (Fsp3) is 0.500. The highest BCUT2D eigenvalue weighted by molar-refractivity contribution is 5.81. The Labute approximate surface area is 147 Å². The summed E-state index contributed by atoms with van der Waals surface area (Å²) < 4.78 is 0. The first-order valence-electron chi connectivity index (χ1n) is 8.93. The molecule has 0 aromatic rings. The van der Waals surface area contributed by atoms with Gasteiger partial charge >= 0.3 is 5.97 Å². The van der Waals surface area contributed by atoms with Crippen molar-refractivity contribution in [3.8, 4) is 0 Å². The van der Waals surface area contributed by atoms with Crippen molar-refractivity contribution in [1.82, 2.24) is 0 Å². The number of aliphatic carboxylic acids is 1. The van der Waals surface area contributed by atoms with Crippen LogP contribution in [0.5, 0.6) is 0 Å². The van der Waals surface area contributed by atoms with E-state index in [1.807, 2.05) is 12.2 Å². The lowest BCUT2D eigenvalue weighted by Gasteiger charge is -2.33. The molecule has 1 rings (SSSR count). The smallest absolute Gasteiger partial charge is 0.328 e. The highest BCUT2D eigenvalue weighted by Gasteiger charge is 2.26. The molecular formula is C22H32O2. The summed E-state index contributed by atoms with van der Waals surface area (Å²) in [5.74, 6) is -0.906. The van der Waals surface area contributed by atoms with Crippen LogP contribution < -0.4 is 0 Å². The van der Waals surface area contributed by atoms with Crippen LogP contribution in [-0.2, 0) is 4.79 Å². The summed E-state index contributed by atoms with van der Waals surface area (Å²) >= 11 is 0. The van der Waals surface area contributed by atoms with E-state index in [1.165, 1.54) is 42.1 Å². The van der Waals surface area contributed by atoms with Gasteiger partial charge in [0.05, 0.1) is 0 Å². The molecule has 0 aliphatic heterocycles. The van der Waals surface area contributed by atoms with Gasteiger partial charge in [0.15, 0.2) is 0 Å². The number of carbonyl (C=O) groups is 1. The second-order valence-corrected chi connectivity index (χ2v) is 7.34. The van der Waals surface area contributed by atoms with Gasteiger partial charge in [-0.1, -0.05) is 63.1 Å². The van der Waals surface area contributed by atoms with E-state index in [4.69, 9.17) is 5.11 Å². The lowest BCUT2D eigenvalue weighted by molar-refractivity contribution is -0.131. The highest BCUT2D eigenvalue weighted by atomic mass is 16.4. The number of hydrogen-bond donors (Lipinski definition) is 1. The van der Waals surface area contributed by atoms with Crippen LogP contribution in [0.25, 0.3) is 0 Å². The van der Waals surface area contributed by atoms with E-state index >= 15 is 0 Å². The van der Waals surface area contributed by atoms with Crippen LogP contribution in [0.3, 0.4) is 0 Å². The lowest BCUT2D eigenvalue weighted by atomic mass is 9.72. The van der Waals surface area contributed by atoms with Crippen LogP contribution in [0.4, 0.5) is 0 Å². The summed E-state index contributed by atoms with van der Waals surface area (Å²) in [5, 5.41) is 8.74. The molecule has 2 nitrogen and oxygen atoms in total. The first kappa shape index (κ1) is 20.2. The Hall–Kier alpha value is -1.83. The Morgan fingerprint density at radius 1 is 1.29 bits per heavy atom. The van der Waals surface area contributed by atoms with Crippen molar-refractivity contribution in [2.45, 2.75) is 66.7 Å². The summed E-state index contributed by atoms with van der Waals surface area (Å²) in [6, 6.07) is 0. The van der Waals surface area contributed by atoms with Gasteiger partial charge < -0.3 is 5.11 Å². The predicted molar refractivity (Wildman–Crippen MR) is 103 cm³/mol. The summed E-state index contributed by atoms with van der Waals surface area (Å²) in [6.07, 6.45) is 17.5. The van der Waals surface area contributed by atoms with E-state index in [0.29, 0.717) is 0 Å². The molecule has 0 amide bonds. The van der Waals surface area contributed by atoms with Gasteiger partial charge in [-0.05, 0) is 61.7 Å². The Balaban J connectivity index is 2.95. The maximum Gasteiger partial charge on any atom is 0.328 e. The van der Waals surface area contributed by atoms with Gasteiger partial charge in [-0.25, -0.2) is 4.79 Å². The molecule has 1 aliphatic carbocycles. The molecule has 2 heteroatoms. The molecule has 0 saturated carbocycles. The van der Waals surface area contributed by atoms with Crippen molar-refractivity contribution in [1.29, 1.82) is 0 Å². The minimum absolute atomic E-state index is 0.257. The largest absolute Gasteiger partial charge is 0.478 e. The van der Waals surface area contributed by atoms with Crippen LogP contribution in [0.15, 0.2) is 58.7 Å². The molecule has 0 radical (unpaired) electrons. The van der Waals surface area contributed by atoms with Crippen molar-refractivity contribution >= 4 is 5.97 Å². The molecule has 0 bridgehead atoms. The van der Waals surface area contributed by atoms with E-state index in [-0.39, 0.29) is 5.41 Å². The van der Waals surface area contributed by atoms with Crippen molar-refractivity contribution in [2.24, 2.45) is 5.41 Å². The first-order valence-corrected chi connectivity index (χ1v) is 8.93. The predicted octanol–water partition coefficient (Wildman–Crippen LogP) is 6.38. The Bertz CT molecular complexity index is 595. The van der Waals surface area contributed by atoms with Gasteiger partial charge in [0.1, 0.15) is 0 Å². The minimum atomic E-state index is -0.906. The number of hydrogen-bond acceptors (Lipinski definition) is 1.